The van der Waals surface area contributed by atoms with Gasteiger partial charge in [-0.05, 0) is 54.3 Å². The molecule has 1 N–H and O–H groups in total. The van der Waals surface area contributed by atoms with Gasteiger partial charge in [-0.3, -0.25) is 0 Å². The van der Waals surface area contributed by atoms with Gasteiger partial charge in [-0.2, -0.15) is 4.98 Å². The third-order valence-electron chi connectivity index (χ3n) is 3.61. The highest BCUT2D eigenvalue weighted by Gasteiger charge is 2.28. The van der Waals surface area contributed by atoms with Crippen LogP contribution in [0.4, 0.5) is 10.2 Å². The van der Waals surface area contributed by atoms with Crippen LogP contribution in [0.5, 0.6) is 0 Å². The van der Waals surface area contributed by atoms with Crippen molar-refractivity contribution in [1.29, 1.82) is 0 Å². The summed E-state index contributed by atoms with van der Waals surface area (Å²) in [6.45, 7) is 0.825. The molecule has 0 spiro atoms. The van der Waals surface area contributed by atoms with Crippen molar-refractivity contribution in [3.05, 3.63) is 33.4 Å². The Morgan fingerprint density at radius 3 is 2.95 bits per heavy atom. The normalized spacial score (nSPS) is 14.3. The molecule has 0 saturated heterocycles. The molecule has 1 fully saturated rings. The Bertz CT molecular complexity index is 630. The number of hydrogen-bond donors (Lipinski definition) is 1. The van der Waals surface area contributed by atoms with E-state index in [9.17, 15) is 4.39 Å². The lowest BCUT2D eigenvalue weighted by atomic mass is 10.2. The summed E-state index contributed by atoms with van der Waals surface area (Å²) in [6.07, 6.45) is 7.61. The second-order valence-corrected chi connectivity index (χ2v) is 6.70. The number of rotatable bonds is 8. The molecule has 1 saturated carbocycles. The van der Waals surface area contributed by atoms with E-state index < -0.39 is 0 Å². The average molecular weight is 416 g/mol. The number of aryl methyl sites for hydroxylation is 1. The first kappa shape index (κ1) is 15.6. The molecule has 2 heterocycles. The second-order valence-electron chi connectivity index (χ2n) is 5.54. The van der Waals surface area contributed by atoms with Gasteiger partial charge in [0.1, 0.15) is 5.82 Å². The maximum Gasteiger partial charge on any atom is 0.226 e. The minimum Gasteiger partial charge on any atom is -0.370 e. The van der Waals surface area contributed by atoms with Crippen molar-refractivity contribution in [2.75, 3.05) is 11.9 Å². The summed E-state index contributed by atoms with van der Waals surface area (Å²) in [4.78, 5) is 8.42. The zero-order chi connectivity index (χ0) is 15.4. The van der Waals surface area contributed by atoms with Gasteiger partial charge < -0.3 is 9.84 Å². The molecular formula is C15H18FIN4O. The van der Waals surface area contributed by atoms with Crippen molar-refractivity contribution >= 4 is 28.4 Å². The number of nitrogens with zero attached hydrogens (tertiary/aromatic N) is 3. The fraction of sp³-hybridized carbons (Fsp3) is 0.533. The van der Waals surface area contributed by atoms with Gasteiger partial charge in [0, 0.05) is 18.9 Å². The van der Waals surface area contributed by atoms with E-state index in [1.165, 1.54) is 19.0 Å². The van der Waals surface area contributed by atoms with E-state index in [4.69, 9.17) is 4.52 Å². The summed E-state index contributed by atoms with van der Waals surface area (Å²) in [6, 6.07) is 1.72. The van der Waals surface area contributed by atoms with E-state index in [-0.39, 0.29) is 5.82 Å². The molecule has 3 rings (SSSR count). The Hall–Kier alpha value is -1.25. The molecule has 1 aliphatic rings. The van der Waals surface area contributed by atoms with E-state index in [1.807, 2.05) is 22.6 Å². The predicted molar refractivity (Wildman–Crippen MR) is 89.2 cm³/mol. The maximum absolute atomic E-state index is 13.1. The largest absolute Gasteiger partial charge is 0.370 e. The van der Waals surface area contributed by atoms with Gasteiger partial charge in [-0.25, -0.2) is 9.37 Å². The molecular weight excluding hydrogens is 398 g/mol. The number of aromatic nitrogens is 3. The highest BCUT2D eigenvalue weighted by Crippen LogP contribution is 2.38. The molecule has 7 heteroatoms. The number of hydrogen-bond acceptors (Lipinski definition) is 5. The lowest BCUT2D eigenvalue weighted by molar-refractivity contribution is 0.369. The van der Waals surface area contributed by atoms with Gasteiger partial charge in [-0.15, -0.1) is 0 Å². The van der Waals surface area contributed by atoms with E-state index in [1.54, 1.807) is 6.07 Å². The number of pyridine rings is 1. The molecule has 0 unspecified atom stereocenters. The Balaban J connectivity index is 1.30. The molecule has 0 aliphatic heterocycles. The highest BCUT2D eigenvalue weighted by atomic mass is 127. The van der Waals surface area contributed by atoms with Gasteiger partial charge >= 0.3 is 0 Å². The smallest absolute Gasteiger partial charge is 0.226 e. The van der Waals surface area contributed by atoms with Crippen LogP contribution in [0.25, 0.3) is 0 Å². The van der Waals surface area contributed by atoms with Crippen molar-refractivity contribution in [2.24, 2.45) is 0 Å². The van der Waals surface area contributed by atoms with E-state index in [0.717, 1.165) is 49.8 Å². The van der Waals surface area contributed by atoms with Crippen LogP contribution in [0.3, 0.4) is 0 Å². The fourth-order valence-electron chi connectivity index (χ4n) is 2.18. The number of halogens is 2. The van der Waals surface area contributed by atoms with Gasteiger partial charge in [-0.1, -0.05) is 11.6 Å². The van der Waals surface area contributed by atoms with E-state index in [0.29, 0.717) is 9.49 Å². The molecule has 5 nitrogen and oxygen atoms in total. The van der Waals surface area contributed by atoms with Crippen molar-refractivity contribution in [3.63, 3.8) is 0 Å². The van der Waals surface area contributed by atoms with Crippen molar-refractivity contribution < 1.29 is 8.91 Å². The topological polar surface area (TPSA) is 63.8 Å². The molecule has 118 valence electrons. The van der Waals surface area contributed by atoms with Crippen LogP contribution in [0.1, 0.15) is 49.7 Å². The number of anilines is 1. The van der Waals surface area contributed by atoms with Crippen LogP contribution >= 0.6 is 22.6 Å². The molecule has 0 aromatic carbocycles. The molecule has 2 aromatic heterocycles. The van der Waals surface area contributed by atoms with E-state index >= 15 is 0 Å². The lowest BCUT2D eigenvalue weighted by Crippen LogP contribution is -2.04. The average Bonchev–Trinajstić information content (AvgIpc) is 3.26. The first-order valence-electron chi connectivity index (χ1n) is 7.60. The molecule has 0 amide bonds. The van der Waals surface area contributed by atoms with Crippen LogP contribution in [-0.4, -0.2) is 21.7 Å². The summed E-state index contributed by atoms with van der Waals surface area (Å²) in [5, 5.41) is 7.21. The Labute approximate surface area is 142 Å². The first-order chi connectivity index (χ1) is 10.7. The summed E-state index contributed by atoms with van der Waals surface area (Å²) in [5.41, 5.74) is 0. The summed E-state index contributed by atoms with van der Waals surface area (Å²) in [7, 11) is 0. The number of unbranched alkanes of at least 4 members (excludes halogenated alkanes) is 2. The van der Waals surface area contributed by atoms with Crippen LogP contribution in [-0.2, 0) is 6.42 Å². The quantitative estimate of drug-likeness (QED) is 0.522. The molecule has 0 radical (unpaired) electrons. The van der Waals surface area contributed by atoms with Crippen LogP contribution < -0.4 is 5.32 Å². The zero-order valence-electron chi connectivity index (χ0n) is 12.2. The lowest BCUT2D eigenvalue weighted by Gasteiger charge is -2.05. The summed E-state index contributed by atoms with van der Waals surface area (Å²) in [5.74, 6) is 2.62. The predicted octanol–water partition coefficient (Wildman–Crippen LogP) is 3.91. The van der Waals surface area contributed by atoms with Gasteiger partial charge in [0.05, 0.1) is 9.77 Å². The molecule has 1 aliphatic carbocycles. The monoisotopic (exact) mass is 416 g/mol. The first-order valence-corrected chi connectivity index (χ1v) is 8.67. The third-order valence-corrected chi connectivity index (χ3v) is 4.44. The standard InChI is InChI=1S/C15H18FIN4O/c16-11-9-19-13(8-12(11)17)18-7-3-1-2-4-14-20-15(21-22-14)10-5-6-10/h8-10H,1-7H2,(H,18,19). The minimum absolute atomic E-state index is 0.281. The highest BCUT2D eigenvalue weighted by molar-refractivity contribution is 14.1. The third kappa shape index (κ3) is 4.37. The molecule has 0 bridgehead atoms. The summed E-state index contributed by atoms with van der Waals surface area (Å²) < 4.78 is 18.9. The van der Waals surface area contributed by atoms with Gasteiger partial charge in [0.15, 0.2) is 11.6 Å². The Morgan fingerprint density at radius 1 is 1.32 bits per heavy atom. The van der Waals surface area contributed by atoms with Crippen LogP contribution in [0, 0.1) is 9.39 Å². The number of nitrogens with one attached hydrogen (secondary N) is 1. The zero-order valence-corrected chi connectivity index (χ0v) is 14.3. The maximum atomic E-state index is 13.1. The van der Waals surface area contributed by atoms with Crippen molar-refractivity contribution in [2.45, 2.75) is 44.4 Å². The van der Waals surface area contributed by atoms with E-state index in [2.05, 4.69) is 20.4 Å². The molecule has 2 aromatic rings. The van der Waals surface area contributed by atoms with Crippen LogP contribution in [0.2, 0.25) is 0 Å². The second kappa shape index (κ2) is 7.34. The van der Waals surface area contributed by atoms with Crippen molar-refractivity contribution in [3.8, 4) is 0 Å². The van der Waals surface area contributed by atoms with Crippen LogP contribution in [0.15, 0.2) is 16.8 Å². The van der Waals surface area contributed by atoms with Crippen molar-refractivity contribution in [1.82, 2.24) is 15.1 Å². The Morgan fingerprint density at radius 2 is 2.18 bits per heavy atom. The van der Waals surface area contributed by atoms with Gasteiger partial charge in [0.25, 0.3) is 0 Å². The fourth-order valence-corrected chi connectivity index (χ4v) is 2.62. The molecule has 0 atom stereocenters. The Kier molecular flexibility index (Phi) is 5.22. The SMILES string of the molecule is Fc1cnc(NCCCCCc2nc(C3CC3)no2)cc1I. The van der Waals surface area contributed by atoms with Gasteiger partial charge in [0.2, 0.25) is 5.89 Å². The molecule has 22 heavy (non-hydrogen) atoms. The summed E-state index contributed by atoms with van der Waals surface area (Å²) >= 11 is 1.96. The minimum atomic E-state index is -0.281.